The van der Waals surface area contributed by atoms with Gasteiger partial charge in [-0.25, -0.2) is 22.7 Å². The lowest BCUT2D eigenvalue weighted by molar-refractivity contribution is 0.0716. The lowest BCUT2D eigenvalue weighted by Gasteiger charge is -2.34. The number of hydrogen-bond donors (Lipinski definition) is 1. The molecule has 3 aromatic rings. The fourth-order valence-corrected chi connectivity index (χ4v) is 6.27. The summed E-state index contributed by atoms with van der Waals surface area (Å²) in [6.07, 6.45) is 0. The second-order valence-corrected chi connectivity index (χ2v) is 10.6. The molecule has 0 fully saturated rings. The van der Waals surface area contributed by atoms with E-state index < -0.39 is 46.1 Å². The second kappa shape index (κ2) is 8.64. The molecule has 0 bridgehead atoms. The largest absolute Gasteiger partial charge is 0.434 e. The van der Waals surface area contributed by atoms with Gasteiger partial charge in [-0.2, -0.15) is 4.31 Å². The Morgan fingerprint density at radius 3 is 2.56 bits per heavy atom. The number of nitrogens with zero attached hydrogens (tertiary/aromatic N) is 3. The van der Waals surface area contributed by atoms with E-state index in [4.69, 9.17) is 16.0 Å². The smallest absolute Gasteiger partial charge is 0.391 e. The van der Waals surface area contributed by atoms with Crippen molar-refractivity contribution >= 4 is 27.5 Å². The molecule has 2 aromatic carbocycles. The molecule has 2 heterocycles. The number of fused-ring (bicyclic) bond motifs is 1. The van der Waals surface area contributed by atoms with Crippen LogP contribution in [0.2, 0.25) is 5.02 Å². The monoisotopic (exact) mass is 508 g/mol. The molecule has 1 amide bonds. The van der Waals surface area contributed by atoms with Gasteiger partial charge in [-0.1, -0.05) is 24.6 Å². The minimum atomic E-state index is -4.36. The number of aryl methyl sites for hydroxylation is 1. The fourth-order valence-electron chi connectivity index (χ4n) is 4.29. The molecule has 2 atom stereocenters. The van der Waals surface area contributed by atoms with Gasteiger partial charge in [-0.3, -0.25) is 4.79 Å². The van der Waals surface area contributed by atoms with Crippen LogP contribution in [0.1, 0.15) is 51.8 Å². The Labute approximate surface area is 200 Å². The Hall–Kier alpha value is -3.02. The first-order valence-electron chi connectivity index (χ1n) is 10.3. The summed E-state index contributed by atoms with van der Waals surface area (Å²) in [6.45, 7) is 4.76. The molecular weight excluding hydrogens is 487 g/mol. The Kier molecular flexibility index (Phi) is 6.13. The van der Waals surface area contributed by atoms with Crippen molar-refractivity contribution in [1.82, 2.24) is 19.4 Å². The van der Waals surface area contributed by atoms with Gasteiger partial charge in [-0.15, -0.1) is 5.10 Å². The fraction of sp³-hybridized carbons (Fsp3) is 0.318. The summed E-state index contributed by atoms with van der Waals surface area (Å²) >= 11 is 6.03. The summed E-state index contributed by atoms with van der Waals surface area (Å²) in [4.78, 5) is 25.7. The first-order valence-corrected chi connectivity index (χ1v) is 12.1. The molecule has 1 aromatic heterocycles. The molecule has 0 saturated heterocycles. The van der Waals surface area contributed by atoms with Crippen molar-refractivity contribution in [2.45, 2.75) is 37.6 Å². The van der Waals surface area contributed by atoms with Crippen molar-refractivity contribution in [2.75, 3.05) is 13.7 Å². The number of rotatable bonds is 4. The zero-order chi connectivity index (χ0) is 24.9. The van der Waals surface area contributed by atoms with Gasteiger partial charge < -0.3 is 9.32 Å². The number of hydrogen-bond acceptors (Lipinski definition) is 6. The number of H-pyrrole nitrogens is 1. The topological polar surface area (TPSA) is 117 Å². The molecule has 0 spiro atoms. The third-order valence-electron chi connectivity index (χ3n) is 6.14. The van der Waals surface area contributed by atoms with Crippen LogP contribution in [0.3, 0.4) is 0 Å². The molecule has 180 valence electrons. The number of benzene rings is 2. The van der Waals surface area contributed by atoms with E-state index in [1.807, 2.05) is 6.92 Å². The van der Waals surface area contributed by atoms with E-state index in [0.29, 0.717) is 5.56 Å². The van der Waals surface area contributed by atoms with Crippen molar-refractivity contribution in [1.29, 1.82) is 0 Å². The summed E-state index contributed by atoms with van der Waals surface area (Å²) in [5.74, 6) is -3.09. The summed E-state index contributed by atoms with van der Waals surface area (Å²) in [6, 6.07) is 5.57. The summed E-state index contributed by atoms with van der Waals surface area (Å²) in [7, 11) is -2.92. The number of amides is 1. The number of nitrogens with one attached hydrogen (secondary N) is 1. The second-order valence-electron chi connectivity index (χ2n) is 8.26. The van der Waals surface area contributed by atoms with Crippen LogP contribution >= 0.6 is 11.6 Å². The van der Waals surface area contributed by atoms with E-state index in [0.717, 1.165) is 9.87 Å². The first-order chi connectivity index (χ1) is 15.9. The van der Waals surface area contributed by atoms with Crippen LogP contribution in [0.15, 0.2) is 44.4 Å². The lowest BCUT2D eigenvalue weighted by Crippen LogP contribution is -2.43. The van der Waals surface area contributed by atoms with E-state index in [1.165, 1.54) is 36.2 Å². The molecule has 1 N–H and O–H groups in total. The zero-order valence-corrected chi connectivity index (χ0v) is 20.4. The molecule has 0 unspecified atom stereocenters. The van der Waals surface area contributed by atoms with Gasteiger partial charge in [0.15, 0.2) is 0 Å². The van der Waals surface area contributed by atoms with E-state index in [2.05, 4.69) is 10.2 Å². The third kappa shape index (κ3) is 3.93. The minimum absolute atomic E-state index is 0.0923. The number of carbonyl (C=O) groups is 1. The molecule has 4 rings (SSSR count). The molecule has 0 radical (unpaired) electrons. The number of halogens is 2. The highest BCUT2D eigenvalue weighted by Gasteiger charge is 2.45. The molecule has 1 aliphatic rings. The molecule has 1 aliphatic heterocycles. The molecule has 0 saturated carbocycles. The van der Waals surface area contributed by atoms with Crippen molar-refractivity contribution < 1.29 is 22.0 Å². The van der Waals surface area contributed by atoms with E-state index >= 15 is 4.39 Å². The van der Waals surface area contributed by atoms with E-state index in [9.17, 15) is 18.0 Å². The molecule has 9 nitrogen and oxygen atoms in total. The lowest BCUT2D eigenvalue weighted by atomic mass is 9.87. The molecule has 0 aliphatic carbocycles. The summed E-state index contributed by atoms with van der Waals surface area (Å²) in [5.41, 5.74) is 1.58. The number of carbonyl (C=O) groups excluding carboxylic acids is 1. The zero-order valence-electron chi connectivity index (χ0n) is 18.8. The van der Waals surface area contributed by atoms with Crippen LogP contribution in [0.5, 0.6) is 0 Å². The SMILES string of the molecule is Cc1ccc(F)c([C@@H](C)[C@@H](c2n[nH]c(=O)o2)N2CN(C)C(=O)c3cc(Cl)ccc3S2(=O)=O)c1C. The van der Waals surface area contributed by atoms with Gasteiger partial charge in [0.25, 0.3) is 5.91 Å². The van der Waals surface area contributed by atoms with Crippen molar-refractivity contribution in [3.63, 3.8) is 0 Å². The number of sulfonamides is 1. The van der Waals surface area contributed by atoms with Gasteiger partial charge in [0, 0.05) is 18.0 Å². The molecule has 34 heavy (non-hydrogen) atoms. The Morgan fingerprint density at radius 2 is 1.91 bits per heavy atom. The highest BCUT2D eigenvalue weighted by Crippen LogP contribution is 2.42. The van der Waals surface area contributed by atoms with Gasteiger partial charge >= 0.3 is 5.76 Å². The number of aromatic nitrogens is 2. The highest BCUT2D eigenvalue weighted by molar-refractivity contribution is 7.89. The third-order valence-corrected chi connectivity index (χ3v) is 8.24. The van der Waals surface area contributed by atoms with Crippen LogP contribution in [-0.4, -0.2) is 47.4 Å². The van der Waals surface area contributed by atoms with Gasteiger partial charge in [0.05, 0.1) is 17.1 Å². The summed E-state index contributed by atoms with van der Waals surface area (Å²) in [5, 5.41) is 6.21. The van der Waals surface area contributed by atoms with Crippen molar-refractivity contribution in [2.24, 2.45) is 0 Å². The van der Waals surface area contributed by atoms with Gasteiger partial charge in [0.2, 0.25) is 15.9 Å². The van der Waals surface area contributed by atoms with Crippen LogP contribution < -0.4 is 5.76 Å². The average molecular weight is 509 g/mol. The maximum atomic E-state index is 15.1. The predicted molar refractivity (Wildman–Crippen MR) is 122 cm³/mol. The van der Waals surface area contributed by atoms with Gasteiger partial charge in [0.1, 0.15) is 11.9 Å². The maximum absolute atomic E-state index is 15.1. The number of aromatic amines is 1. The molecular formula is C22H22ClFN4O5S. The predicted octanol–water partition coefficient (Wildman–Crippen LogP) is 3.35. The normalized spacial score (nSPS) is 17.8. The van der Waals surface area contributed by atoms with E-state index in [-0.39, 0.29) is 26.9 Å². The maximum Gasteiger partial charge on any atom is 0.434 e. The summed E-state index contributed by atoms with van der Waals surface area (Å²) < 4.78 is 49.0. The van der Waals surface area contributed by atoms with Crippen LogP contribution in [0.4, 0.5) is 4.39 Å². The Morgan fingerprint density at radius 1 is 1.21 bits per heavy atom. The minimum Gasteiger partial charge on any atom is -0.391 e. The van der Waals surface area contributed by atoms with Gasteiger partial charge in [-0.05, 0) is 54.8 Å². The Bertz CT molecular complexity index is 1450. The van der Waals surface area contributed by atoms with Crippen molar-refractivity contribution in [3.8, 4) is 0 Å². The quantitative estimate of drug-likeness (QED) is 0.577. The van der Waals surface area contributed by atoms with Crippen LogP contribution in [0.25, 0.3) is 0 Å². The van der Waals surface area contributed by atoms with Crippen LogP contribution in [-0.2, 0) is 10.0 Å². The molecule has 12 heteroatoms. The standard InChI is InChI=1S/C22H22ClFN4O5S/c1-11-5-7-16(24)18(12(11)2)13(3)19(20-25-26-22(30)33-20)28-10-27(4)21(29)15-9-14(23)6-8-17(15)34(28,31)32/h5-9,13,19H,10H2,1-4H3,(H,26,30)/t13-,19+/m1/s1. The first kappa shape index (κ1) is 24.1. The van der Waals surface area contributed by atoms with E-state index in [1.54, 1.807) is 19.9 Å². The average Bonchev–Trinajstić information content (AvgIpc) is 3.18. The van der Waals surface area contributed by atoms with Crippen molar-refractivity contribution in [3.05, 3.63) is 79.9 Å². The highest BCUT2D eigenvalue weighted by atomic mass is 35.5. The van der Waals surface area contributed by atoms with Crippen LogP contribution in [0, 0.1) is 19.7 Å². The Balaban J connectivity index is 1.97.